The van der Waals surface area contributed by atoms with Crippen LogP contribution in [-0.4, -0.2) is 20.2 Å². The summed E-state index contributed by atoms with van der Waals surface area (Å²) in [5, 5.41) is 1.03. The maximum atomic E-state index is 11.4. The zero-order chi connectivity index (χ0) is 14.9. The minimum absolute atomic E-state index is 0.0617. The van der Waals surface area contributed by atoms with Gasteiger partial charge in [0.2, 0.25) is 0 Å². The molecule has 5 heteroatoms. The third kappa shape index (κ3) is 3.21. The summed E-state index contributed by atoms with van der Waals surface area (Å²) in [6, 6.07) is 3.76. The van der Waals surface area contributed by atoms with Gasteiger partial charge in [0.1, 0.15) is 0 Å². The number of hydrogen-bond acceptors (Lipinski definition) is 3. The second kappa shape index (κ2) is 6.23. The molecule has 0 aromatic heterocycles. The molecule has 3 atom stereocenters. The van der Waals surface area contributed by atoms with E-state index in [0.29, 0.717) is 21.7 Å². The summed E-state index contributed by atoms with van der Waals surface area (Å²) in [6.07, 6.45) is 1.84. The summed E-state index contributed by atoms with van der Waals surface area (Å²) in [4.78, 5) is 11.4. The van der Waals surface area contributed by atoms with Crippen molar-refractivity contribution in [2.24, 2.45) is 11.8 Å². The fourth-order valence-corrected chi connectivity index (χ4v) is 3.26. The molecule has 0 heterocycles. The van der Waals surface area contributed by atoms with Crippen LogP contribution in [0.25, 0.3) is 0 Å². The van der Waals surface area contributed by atoms with Gasteiger partial charge in [-0.2, -0.15) is 0 Å². The quantitative estimate of drug-likeness (QED) is 0.759. The van der Waals surface area contributed by atoms with Crippen LogP contribution in [-0.2, 0) is 9.53 Å². The number of benzene rings is 1. The lowest BCUT2D eigenvalue weighted by atomic mass is 9.94. The van der Waals surface area contributed by atoms with Crippen molar-refractivity contribution < 1.29 is 14.3 Å². The Morgan fingerprint density at radius 3 is 2.45 bits per heavy atom. The first-order valence-electron chi connectivity index (χ1n) is 6.58. The Labute approximate surface area is 129 Å². The fourth-order valence-electron chi connectivity index (χ4n) is 2.60. The minimum atomic E-state index is -0.104. The molecule has 0 amide bonds. The van der Waals surface area contributed by atoms with Gasteiger partial charge in [-0.3, -0.25) is 4.79 Å². The van der Waals surface area contributed by atoms with E-state index in [1.807, 2.05) is 12.1 Å². The van der Waals surface area contributed by atoms with Crippen molar-refractivity contribution >= 4 is 29.2 Å². The highest BCUT2D eigenvalue weighted by molar-refractivity contribution is 6.37. The number of ether oxygens (including phenoxy) is 2. The Kier molecular flexibility index (Phi) is 4.82. The van der Waals surface area contributed by atoms with E-state index in [4.69, 9.17) is 32.7 Å². The molecule has 0 N–H and O–H groups in total. The molecule has 1 aliphatic rings. The monoisotopic (exact) mass is 316 g/mol. The topological polar surface area (TPSA) is 35.5 Å². The number of carbonyl (C=O) groups is 1. The molecule has 0 spiro atoms. The van der Waals surface area contributed by atoms with Crippen molar-refractivity contribution in [1.29, 1.82) is 0 Å². The smallest absolute Gasteiger partial charge is 0.308 e. The molecule has 3 nitrogen and oxygen atoms in total. The van der Waals surface area contributed by atoms with Crippen LogP contribution in [0, 0.1) is 11.8 Å². The molecule has 1 fully saturated rings. The van der Waals surface area contributed by atoms with E-state index >= 15 is 0 Å². The highest BCUT2D eigenvalue weighted by Gasteiger charge is 2.44. The zero-order valence-electron chi connectivity index (χ0n) is 11.8. The van der Waals surface area contributed by atoms with Crippen LogP contribution in [0.5, 0.6) is 5.75 Å². The lowest BCUT2D eigenvalue weighted by Gasteiger charge is -2.14. The van der Waals surface area contributed by atoms with Crippen LogP contribution in [0.1, 0.15) is 31.2 Å². The van der Waals surface area contributed by atoms with Crippen LogP contribution < -0.4 is 4.74 Å². The second-order valence-electron chi connectivity index (χ2n) is 5.28. The van der Waals surface area contributed by atoms with E-state index in [-0.39, 0.29) is 17.8 Å². The fraction of sp³-hybridized carbons (Fsp3) is 0.533. The largest absolute Gasteiger partial charge is 0.494 e. The predicted molar refractivity (Wildman–Crippen MR) is 79.7 cm³/mol. The van der Waals surface area contributed by atoms with E-state index in [2.05, 4.69) is 6.92 Å². The first-order chi connectivity index (χ1) is 9.47. The molecule has 1 saturated carbocycles. The average Bonchev–Trinajstić information content (AvgIpc) is 3.16. The Morgan fingerprint density at radius 1 is 1.35 bits per heavy atom. The van der Waals surface area contributed by atoms with Gasteiger partial charge in [-0.15, -0.1) is 0 Å². The van der Waals surface area contributed by atoms with Crippen molar-refractivity contribution in [3.05, 3.63) is 27.7 Å². The molecule has 1 aromatic carbocycles. The molecule has 110 valence electrons. The molecule has 20 heavy (non-hydrogen) atoms. The van der Waals surface area contributed by atoms with E-state index < -0.39 is 0 Å². The summed E-state index contributed by atoms with van der Waals surface area (Å²) >= 11 is 12.3. The third-order valence-electron chi connectivity index (χ3n) is 3.88. The standard InChI is InChI=1S/C15H18Cl2O3/c1-8(4-10-5-11(10)15(18)20-3)9-6-12(16)14(19-2)13(17)7-9/h6-8,10-11H,4-5H2,1-3H3. The van der Waals surface area contributed by atoms with Gasteiger partial charge in [-0.25, -0.2) is 0 Å². The van der Waals surface area contributed by atoms with Crippen LogP contribution in [0.4, 0.5) is 0 Å². The summed E-state index contributed by atoms with van der Waals surface area (Å²) < 4.78 is 9.90. The predicted octanol–water partition coefficient (Wildman–Crippen LogP) is 4.30. The highest BCUT2D eigenvalue weighted by Crippen LogP contribution is 2.46. The Balaban J connectivity index is 2.04. The number of rotatable bonds is 5. The van der Waals surface area contributed by atoms with E-state index in [9.17, 15) is 4.79 Å². The summed E-state index contributed by atoms with van der Waals surface area (Å²) in [5.41, 5.74) is 1.07. The van der Waals surface area contributed by atoms with Crippen LogP contribution in [0.3, 0.4) is 0 Å². The number of hydrogen-bond donors (Lipinski definition) is 0. The van der Waals surface area contributed by atoms with Gasteiger partial charge < -0.3 is 9.47 Å². The molecular formula is C15H18Cl2O3. The maximum Gasteiger partial charge on any atom is 0.308 e. The zero-order valence-corrected chi connectivity index (χ0v) is 13.3. The summed E-state index contributed by atoms with van der Waals surface area (Å²) in [5.74, 6) is 1.15. The molecule has 0 bridgehead atoms. The Bertz CT molecular complexity index is 493. The second-order valence-corrected chi connectivity index (χ2v) is 6.09. The number of carbonyl (C=O) groups excluding carboxylic acids is 1. The average molecular weight is 317 g/mol. The van der Waals surface area contributed by atoms with Crippen molar-refractivity contribution in [2.75, 3.05) is 14.2 Å². The van der Waals surface area contributed by atoms with Gasteiger partial charge >= 0.3 is 5.97 Å². The van der Waals surface area contributed by atoms with Gasteiger partial charge in [0.25, 0.3) is 0 Å². The number of halogens is 2. The van der Waals surface area contributed by atoms with Crippen molar-refractivity contribution in [1.82, 2.24) is 0 Å². The van der Waals surface area contributed by atoms with E-state index in [0.717, 1.165) is 18.4 Å². The SMILES string of the molecule is COC(=O)C1CC1CC(C)c1cc(Cl)c(OC)c(Cl)c1. The van der Waals surface area contributed by atoms with Gasteiger partial charge in [0, 0.05) is 0 Å². The van der Waals surface area contributed by atoms with Gasteiger partial charge in [0.05, 0.1) is 30.2 Å². The number of esters is 1. The lowest BCUT2D eigenvalue weighted by molar-refractivity contribution is -0.142. The first kappa shape index (κ1) is 15.5. The van der Waals surface area contributed by atoms with Crippen LogP contribution in [0.2, 0.25) is 10.0 Å². The lowest BCUT2D eigenvalue weighted by Crippen LogP contribution is -2.06. The highest BCUT2D eigenvalue weighted by atomic mass is 35.5. The molecule has 1 aliphatic carbocycles. The van der Waals surface area contributed by atoms with E-state index in [1.54, 1.807) is 7.11 Å². The summed E-state index contributed by atoms with van der Waals surface area (Å²) in [7, 11) is 2.98. The number of methoxy groups -OCH3 is 2. The van der Waals surface area contributed by atoms with Crippen LogP contribution >= 0.6 is 23.2 Å². The van der Waals surface area contributed by atoms with Crippen LogP contribution in [0.15, 0.2) is 12.1 Å². The Hall–Kier alpha value is -0.930. The Morgan fingerprint density at radius 2 is 1.95 bits per heavy atom. The molecule has 2 rings (SSSR count). The van der Waals surface area contributed by atoms with Crippen molar-refractivity contribution in [2.45, 2.75) is 25.7 Å². The minimum Gasteiger partial charge on any atom is -0.494 e. The normalized spacial score (nSPS) is 22.2. The van der Waals surface area contributed by atoms with Crippen molar-refractivity contribution in [3.63, 3.8) is 0 Å². The molecule has 3 unspecified atom stereocenters. The molecule has 0 aliphatic heterocycles. The summed E-state index contributed by atoms with van der Waals surface area (Å²) in [6.45, 7) is 2.11. The molecule has 1 aromatic rings. The first-order valence-corrected chi connectivity index (χ1v) is 7.34. The van der Waals surface area contributed by atoms with Gasteiger partial charge in [-0.1, -0.05) is 30.1 Å². The molecule has 0 radical (unpaired) electrons. The maximum absolute atomic E-state index is 11.4. The molecular weight excluding hydrogens is 299 g/mol. The van der Waals surface area contributed by atoms with E-state index in [1.165, 1.54) is 7.11 Å². The van der Waals surface area contributed by atoms with Gasteiger partial charge in [0.15, 0.2) is 5.75 Å². The van der Waals surface area contributed by atoms with Gasteiger partial charge in [-0.05, 0) is 42.4 Å². The van der Waals surface area contributed by atoms with Crippen molar-refractivity contribution in [3.8, 4) is 5.75 Å². The molecule has 0 saturated heterocycles. The third-order valence-corrected chi connectivity index (χ3v) is 4.44.